The molecular weight excluding hydrogens is 423 g/mol. The van der Waals surface area contributed by atoms with E-state index in [4.69, 9.17) is 13.9 Å². The highest BCUT2D eigenvalue weighted by molar-refractivity contribution is 6.06. The number of rotatable bonds is 8. The molecule has 0 atom stereocenters. The van der Waals surface area contributed by atoms with Gasteiger partial charge in [0.15, 0.2) is 11.4 Å². The summed E-state index contributed by atoms with van der Waals surface area (Å²) in [6.45, 7) is 7.05. The predicted molar refractivity (Wildman–Crippen MR) is 124 cm³/mol. The first-order chi connectivity index (χ1) is 16.0. The number of hydrogen-bond donors (Lipinski definition) is 0. The van der Waals surface area contributed by atoms with Gasteiger partial charge >= 0.3 is 11.9 Å². The highest BCUT2D eigenvalue weighted by Crippen LogP contribution is 2.36. The van der Waals surface area contributed by atoms with Crippen LogP contribution in [-0.2, 0) is 20.7 Å². The van der Waals surface area contributed by atoms with Crippen molar-refractivity contribution in [1.82, 2.24) is 0 Å². The Hall–Kier alpha value is -4.19. The van der Waals surface area contributed by atoms with Crippen LogP contribution in [0.5, 0.6) is 5.75 Å². The van der Waals surface area contributed by atoms with Gasteiger partial charge in [0.05, 0.1) is 6.61 Å². The fraction of sp³-hybridized carbons (Fsp3) is 0.111. The molecule has 0 N–H and O–H groups in total. The summed E-state index contributed by atoms with van der Waals surface area (Å²) in [5, 5.41) is 1.36. The van der Waals surface area contributed by atoms with Gasteiger partial charge in [0.25, 0.3) is 0 Å². The van der Waals surface area contributed by atoms with Gasteiger partial charge in [-0.05, 0) is 42.2 Å². The summed E-state index contributed by atoms with van der Waals surface area (Å²) >= 11 is 0. The molecular formula is C27H21FO5. The topological polar surface area (TPSA) is 65.7 Å². The second-order valence-electron chi connectivity index (χ2n) is 7.36. The standard InChI is InChI=1S/C27H21FO5/c1-3-24(29)31-15-5-6-17-7-9-18(10-8-17)20-13-14-22-21-12-11-19(32-25(30)4-2)16-23(21)33-27(22)26(20)28/h3-4,7-14,16H,1-2,5-6,15H2. The number of ether oxygens (including phenoxy) is 2. The van der Waals surface area contributed by atoms with E-state index in [0.29, 0.717) is 35.3 Å². The molecule has 4 aromatic rings. The Morgan fingerprint density at radius 3 is 2.39 bits per heavy atom. The number of esters is 2. The number of carbonyl (C=O) groups is 2. The molecule has 0 aliphatic rings. The minimum absolute atomic E-state index is 0.141. The third-order valence-electron chi connectivity index (χ3n) is 5.22. The van der Waals surface area contributed by atoms with Gasteiger partial charge in [-0.1, -0.05) is 43.5 Å². The van der Waals surface area contributed by atoms with Crippen LogP contribution < -0.4 is 4.74 Å². The van der Waals surface area contributed by atoms with Crippen molar-refractivity contribution in [2.45, 2.75) is 12.8 Å². The van der Waals surface area contributed by atoms with Crippen LogP contribution in [0.15, 0.2) is 84.3 Å². The van der Waals surface area contributed by atoms with Gasteiger partial charge in [0.1, 0.15) is 11.3 Å². The fourth-order valence-corrected chi connectivity index (χ4v) is 3.59. The van der Waals surface area contributed by atoms with Crippen molar-refractivity contribution in [3.63, 3.8) is 0 Å². The molecule has 1 heterocycles. The van der Waals surface area contributed by atoms with E-state index in [1.165, 1.54) is 0 Å². The Kier molecular flexibility index (Phi) is 6.36. The Bertz CT molecular complexity index is 1370. The molecule has 6 heteroatoms. The van der Waals surface area contributed by atoms with Crippen molar-refractivity contribution >= 4 is 33.9 Å². The lowest BCUT2D eigenvalue weighted by atomic mass is 10.00. The number of aryl methyl sites for hydroxylation is 1. The normalized spacial score (nSPS) is 10.8. The highest BCUT2D eigenvalue weighted by atomic mass is 19.1. The third-order valence-corrected chi connectivity index (χ3v) is 5.22. The molecule has 0 fully saturated rings. The monoisotopic (exact) mass is 444 g/mol. The molecule has 5 nitrogen and oxygen atoms in total. The van der Waals surface area contributed by atoms with E-state index in [2.05, 4.69) is 13.2 Å². The van der Waals surface area contributed by atoms with E-state index < -0.39 is 17.8 Å². The first-order valence-electron chi connectivity index (χ1n) is 10.4. The van der Waals surface area contributed by atoms with Crippen LogP contribution >= 0.6 is 0 Å². The SMILES string of the molecule is C=CC(=O)OCCCc1ccc(-c2ccc3c(oc4cc(OC(=O)C=C)ccc43)c2F)cc1. The summed E-state index contributed by atoms with van der Waals surface area (Å²) < 4.78 is 31.2. The Morgan fingerprint density at radius 2 is 1.67 bits per heavy atom. The Labute approximate surface area is 189 Å². The molecule has 0 amide bonds. The summed E-state index contributed by atoms with van der Waals surface area (Å²) in [5.41, 5.74) is 2.76. The number of carbonyl (C=O) groups excluding carboxylic acids is 2. The third kappa shape index (κ3) is 4.70. The van der Waals surface area contributed by atoms with Crippen molar-refractivity contribution in [2.75, 3.05) is 6.61 Å². The zero-order valence-corrected chi connectivity index (χ0v) is 17.8. The average Bonchev–Trinajstić information content (AvgIpc) is 3.21. The summed E-state index contributed by atoms with van der Waals surface area (Å²) in [5.74, 6) is -1.18. The van der Waals surface area contributed by atoms with Crippen LogP contribution in [0.3, 0.4) is 0 Å². The van der Waals surface area contributed by atoms with Crippen molar-refractivity contribution in [1.29, 1.82) is 0 Å². The molecule has 1 aromatic heterocycles. The number of hydrogen-bond acceptors (Lipinski definition) is 5. The fourth-order valence-electron chi connectivity index (χ4n) is 3.59. The lowest BCUT2D eigenvalue weighted by Gasteiger charge is -2.07. The van der Waals surface area contributed by atoms with Gasteiger partial charge in [-0.2, -0.15) is 0 Å². The summed E-state index contributed by atoms with van der Waals surface area (Å²) in [7, 11) is 0. The number of benzene rings is 3. The lowest BCUT2D eigenvalue weighted by Crippen LogP contribution is -2.02. The minimum Gasteiger partial charge on any atom is -0.463 e. The van der Waals surface area contributed by atoms with Crippen LogP contribution in [-0.4, -0.2) is 18.5 Å². The van der Waals surface area contributed by atoms with E-state index >= 15 is 4.39 Å². The van der Waals surface area contributed by atoms with Crippen LogP contribution in [0.1, 0.15) is 12.0 Å². The molecule has 4 rings (SSSR count). The predicted octanol–water partition coefficient (Wildman–Crippen LogP) is 6.15. The van der Waals surface area contributed by atoms with Crippen LogP contribution in [0.25, 0.3) is 33.1 Å². The Balaban J connectivity index is 1.56. The van der Waals surface area contributed by atoms with E-state index in [1.54, 1.807) is 24.3 Å². The molecule has 0 saturated heterocycles. The van der Waals surface area contributed by atoms with Crippen molar-refractivity contribution in [3.8, 4) is 16.9 Å². The second-order valence-corrected chi connectivity index (χ2v) is 7.36. The number of halogens is 1. The van der Waals surface area contributed by atoms with Crippen molar-refractivity contribution in [3.05, 3.63) is 91.3 Å². The Morgan fingerprint density at radius 1 is 0.939 bits per heavy atom. The largest absolute Gasteiger partial charge is 0.463 e. The summed E-state index contributed by atoms with van der Waals surface area (Å²) in [6.07, 6.45) is 3.62. The van der Waals surface area contributed by atoms with Crippen molar-refractivity contribution < 1.29 is 27.9 Å². The molecule has 0 saturated carbocycles. The maximum atomic E-state index is 15.4. The van der Waals surface area contributed by atoms with Gasteiger partial charge in [-0.25, -0.2) is 14.0 Å². The maximum Gasteiger partial charge on any atom is 0.335 e. The molecule has 166 valence electrons. The van der Waals surface area contributed by atoms with Gasteiger partial charge < -0.3 is 13.9 Å². The maximum absolute atomic E-state index is 15.4. The van der Waals surface area contributed by atoms with Gasteiger partial charge in [0.2, 0.25) is 0 Å². The van der Waals surface area contributed by atoms with E-state index in [9.17, 15) is 9.59 Å². The lowest BCUT2D eigenvalue weighted by molar-refractivity contribution is -0.137. The molecule has 33 heavy (non-hydrogen) atoms. The summed E-state index contributed by atoms with van der Waals surface area (Å²) in [4.78, 5) is 22.5. The van der Waals surface area contributed by atoms with Crippen LogP contribution in [0, 0.1) is 5.82 Å². The molecule has 0 radical (unpaired) electrons. The van der Waals surface area contributed by atoms with Crippen molar-refractivity contribution in [2.24, 2.45) is 0 Å². The zero-order valence-electron chi connectivity index (χ0n) is 17.8. The second kappa shape index (κ2) is 9.53. The molecule has 0 spiro atoms. The van der Waals surface area contributed by atoms with Crippen LogP contribution in [0.4, 0.5) is 4.39 Å². The van der Waals surface area contributed by atoms with E-state index in [1.807, 2.05) is 30.3 Å². The smallest absolute Gasteiger partial charge is 0.335 e. The van der Waals surface area contributed by atoms with E-state index in [-0.39, 0.29) is 5.58 Å². The number of furan rings is 1. The van der Waals surface area contributed by atoms with E-state index in [0.717, 1.165) is 35.1 Å². The van der Waals surface area contributed by atoms with Crippen LogP contribution in [0.2, 0.25) is 0 Å². The highest BCUT2D eigenvalue weighted by Gasteiger charge is 2.16. The van der Waals surface area contributed by atoms with Gasteiger partial charge in [-0.3, -0.25) is 0 Å². The molecule has 0 aliphatic heterocycles. The molecule has 0 aliphatic carbocycles. The molecule has 3 aromatic carbocycles. The van der Waals surface area contributed by atoms with Gasteiger partial charge in [-0.15, -0.1) is 0 Å². The average molecular weight is 444 g/mol. The van der Waals surface area contributed by atoms with Gasteiger partial charge in [0, 0.05) is 34.6 Å². The molecule has 0 unspecified atom stereocenters. The summed E-state index contributed by atoms with van der Waals surface area (Å²) in [6, 6.07) is 16.0. The number of fused-ring (bicyclic) bond motifs is 3. The first kappa shape index (κ1) is 22.0. The quantitative estimate of drug-likeness (QED) is 0.141. The molecule has 0 bridgehead atoms. The zero-order chi connectivity index (χ0) is 23.4. The minimum atomic E-state index is -0.583. The first-order valence-corrected chi connectivity index (χ1v) is 10.4.